The number of benzene rings is 1. The van der Waals surface area contributed by atoms with Gasteiger partial charge in [-0.1, -0.05) is 23.9 Å². The molecule has 7 nitrogen and oxygen atoms in total. The van der Waals surface area contributed by atoms with Crippen molar-refractivity contribution >= 4 is 57.0 Å². The van der Waals surface area contributed by atoms with Crippen LogP contribution in [-0.4, -0.2) is 32.5 Å². The molecule has 0 radical (unpaired) electrons. The van der Waals surface area contributed by atoms with E-state index in [4.69, 9.17) is 10.7 Å². The van der Waals surface area contributed by atoms with Crippen LogP contribution < -0.4 is 16.6 Å². The van der Waals surface area contributed by atoms with E-state index in [9.17, 15) is 14.4 Å². The predicted molar refractivity (Wildman–Crippen MR) is 122 cm³/mol. The van der Waals surface area contributed by atoms with Crippen molar-refractivity contribution in [2.75, 3.05) is 5.75 Å². The molecule has 3 heterocycles. The molecule has 1 aromatic carbocycles. The number of nitrogens with zero attached hydrogens (tertiary/aromatic N) is 2. The molecule has 0 saturated carbocycles. The van der Waals surface area contributed by atoms with Gasteiger partial charge in [0.15, 0.2) is 5.16 Å². The maximum atomic E-state index is 13.7. The molecular formula is C20H20N4O3S3. The topological polar surface area (TPSA) is 107 Å². The highest BCUT2D eigenvalue weighted by Crippen LogP contribution is 2.41. The number of hydrogen-bond donors (Lipinski definition) is 2. The Kier molecular flexibility index (Phi) is 5.90. The van der Waals surface area contributed by atoms with Crippen molar-refractivity contribution in [3.63, 3.8) is 0 Å². The van der Waals surface area contributed by atoms with Crippen molar-refractivity contribution in [2.45, 2.75) is 41.3 Å². The van der Waals surface area contributed by atoms with Gasteiger partial charge in [-0.15, -0.1) is 23.1 Å². The average Bonchev–Trinajstić information content (AvgIpc) is 3.06. The minimum absolute atomic E-state index is 0.129. The zero-order valence-electron chi connectivity index (χ0n) is 16.4. The van der Waals surface area contributed by atoms with Gasteiger partial charge in [0.05, 0.1) is 20.5 Å². The summed E-state index contributed by atoms with van der Waals surface area (Å²) in [6.07, 6.45) is 1.91. The van der Waals surface area contributed by atoms with E-state index in [0.29, 0.717) is 21.1 Å². The number of thioether (sulfide) groups is 2. The Balaban J connectivity index is 1.89. The molecule has 0 bridgehead atoms. The molecule has 4 rings (SSSR count). The third-order valence-electron chi connectivity index (χ3n) is 4.72. The molecule has 0 fully saturated rings. The Bertz CT molecular complexity index is 1220. The Labute approximate surface area is 185 Å². The summed E-state index contributed by atoms with van der Waals surface area (Å²) in [5.74, 6) is 0.510. The van der Waals surface area contributed by atoms with Crippen LogP contribution in [0.5, 0.6) is 0 Å². The number of hydrogen-bond acceptors (Lipinski definition) is 7. The summed E-state index contributed by atoms with van der Waals surface area (Å²) in [5, 5.41) is 2.50. The number of rotatable bonds is 4. The van der Waals surface area contributed by atoms with Crippen molar-refractivity contribution < 1.29 is 9.59 Å². The number of urea groups is 1. The number of aromatic nitrogens is 2. The zero-order chi connectivity index (χ0) is 21.4. The molecule has 10 heteroatoms. The van der Waals surface area contributed by atoms with Gasteiger partial charge in [-0.05, 0) is 55.7 Å². The average molecular weight is 461 g/mol. The fraction of sp³-hybridized carbons (Fsp3) is 0.300. The normalized spacial score (nSPS) is 14.3. The quantitative estimate of drug-likeness (QED) is 0.456. The van der Waals surface area contributed by atoms with Crippen LogP contribution in [0.25, 0.3) is 15.9 Å². The molecule has 3 N–H and O–H groups in total. The van der Waals surface area contributed by atoms with Crippen molar-refractivity contribution in [1.82, 2.24) is 14.9 Å². The van der Waals surface area contributed by atoms with Gasteiger partial charge < -0.3 is 5.73 Å². The molecule has 0 unspecified atom stereocenters. The second-order valence-electron chi connectivity index (χ2n) is 6.99. The molecule has 30 heavy (non-hydrogen) atoms. The van der Waals surface area contributed by atoms with E-state index in [0.717, 1.165) is 45.7 Å². The molecule has 1 atom stereocenters. The number of primary amides is 1. The second kappa shape index (κ2) is 8.44. The predicted octanol–water partition coefficient (Wildman–Crippen LogP) is 3.47. The smallest absolute Gasteiger partial charge is 0.318 e. The second-order valence-corrected chi connectivity index (χ2v) is 10.7. The molecule has 3 amide bonds. The van der Waals surface area contributed by atoms with E-state index in [1.165, 1.54) is 11.3 Å². The van der Waals surface area contributed by atoms with Crippen LogP contribution in [0.3, 0.4) is 0 Å². The fourth-order valence-corrected chi connectivity index (χ4v) is 6.83. The Morgan fingerprint density at radius 1 is 1.37 bits per heavy atom. The number of amides is 3. The fourth-order valence-electron chi connectivity index (χ4n) is 3.33. The van der Waals surface area contributed by atoms with Gasteiger partial charge in [0.2, 0.25) is 5.91 Å². The molecule has 0 aliphatic carbocycles. The lowest BCUT2D eigenvalue weighted by atomic mass is 10.1. The molecule has 156 valence electrons. The van der Waals surface area contributed by atoms with E-state index in [1.54, 1.807) is 23.3 Å². The summed E-state index contributed by atoms with van der Waals surface area (Å²) < 4.78 is 2.72. The van der Waals surface area contributed by atoms with Crippen LogP contribution in [0, 0.1) is 6.92 Å². The number of thiophene rings is 1. The monoisotopic (exact) mass is 460 g/mol. The SMILES string of the molecule is Cc1cccc(-n2c(S[C@@H](C)C(=O)NC(N)=O)nc3sc4c(c3c2=O)CCCS4)c1. The summed E-state index contributed by atoms with van der Waals surface area (Å²) in [7, 11) is 0. The molecule has 0 spiro atoms. The summed E-state index contributed by atoms with van der Waals surface area (Å²) in [6.45, 7) is 3.61. The number of nitrogens with one attached hydrogen (secondary N) is 1. The highest BCUT2D eigenvalue weighted by molar-refractivity contribution is 8.01. The maximum absolute atomic E-state index is 13.7. The highest BCUT2D eigenvalue weighted by Gasteiger charge is 2.25. The molecule has 1 aliphatic rings. The lowest BCUT2D eigenvalue weighted by Crippen LogP contribution is -2.39. The van der Waals surface area contributed by atoms with E-state index < -0.39 is 17.2 Å². The summed E-state index contributed by atoms with van der Waals surface area (Å²) in [6, 6.07) is 6.71. The summed E-state index contributed by atoms with van der Waals surface area (Å²) in [4.78, 5) is 42.4. The molecule has 0 saturated heterocycles. The molecule has 1 aliphatic heterocycles. The Hall–Kier alpha value is -2.30. The van der Waals surface area contributed by atoms with Crippen molar-refractivity contribution in [2.24, 2.45) is 5.73 Å². The minimum Gasteiger partial charge on any atom is -0.351 e. The summed E-state index contributed by atoms with van der Waals surface area (Å²) in [5.41, 5.74) is 7.73. The molecule has 3 aromatic rings. The first-order valence-electron chi connectivity index (χ1n) is 9.40. The minimum atomic E-state index is -0.908. The highest BCUT2D eigenvalue weighted by atomic mass is 32.2. The first-order valence-corrected chi connectivity index (χ1v) is 12.1. The van der Waals surface area contributed by atoms with Crippen molar-refractivity contribution in [1.29, 1.82) is 0 Å². The van der Waals surface area contributed by atoms with Gasteiger partial charge >= 0.3 is 6.03 Å². The van der Waals surface area contributed by atoms with E-state index in [2.05, 4.69) is 5.32 Å². The summed E-state index contributed by atoms with van der Waals surface area (Å²) >= 11 is 4.43. The largest absolute Gasteiger partial charge is 0.351 e. The van der Waals surface area contributed by atoms with E-state index in [1.807, 2.05) is 31.2 Å². The number of nitrogens with two attached hydrogens (primary N) is 1. The van der Waals surface area contributed by atoms with Crippen molar-refractivity contribution in [3.8, 4) is 5.69 Å². The van der Waals surface area contributed by atoms with Crippen LogP contribution in [0.1, 0.15) is 24.5 Å². The van der Waals surface area contributed by atoms with E-state index in [-0.39, 0.29) is 5.56 Å². The van der Waals surface area contributed by atoms with Crippen LogP contribution in [0.2, 0.25) is 0 Å². The van der Waals surface area contributed by atoms with Gasteiger partial charge in [-0.2, -0.15) is 0 Å². The van der Waals surface area contributed by atoms with Crippen LogP contribution in [0.15, 0.2) is 38.4 Å². The van der Waals surface area contributed by atoms with E-state index >= 15 is 0 Å². The Morgan fingerprint density at radius 2 is 2.17 bits per heavy atom. The number of aryl methyl sites for hydroxylation is 2. The third-order valence-corrected chi connectivity index (χ3v) is 8.30. The maximum Gasteiger partial charge on any atom is 0.318 e. The number of carbonyl (C=O) groups is 2. The van der Waals surface area contributed by atoms with Gasteiger partial charge in [-0.25, -0.2) is 9.78 Å². The third kappa shape index (κ3) is 3.99. The van der Waals surface area contributed by atoms with Crippen molar-refractivity contribution in [3.05, 3.63) is 45.7 Å². The lowest BCUT2D eigenvalue weighted by Gasteiger charge is -2.16. The van der Waals surface area contributed by atoms with Crippen LogP contribution in [0.4, 0.5) is 4.79 Å². The number of imide groups is 1. The van der Waals surface area contributed by atoms with Gasteiger partial charge in [0.1, 0.15) is 4.83 Å². The first kappa shape index (κ1) is 21.0. The van der Waals surface area contributed by atoms with Crippen LogP contribution >= 0.6 is 34.9 Å². The zero-order valence-corrected chi connectivity index (χ0v) is 18.9. The standard InChI is InChI=1S/C20H20N4O3S3/c1-10-5-3-6-12(9-10)24-17(26)14-13-7-4-8-28-18(13)30-16(14)23-20(24)29-11(2)15(25)22-19(21)27/h3,5-6,9,11H,4,7-8H2,1-2H3,(H3,21,22,25,27)/t11-/m0/s1. The number of carbonyl (C=O) groups excluding carboxylic acids is 2. The number of fused-ring (bicyclic) bond motifs is 3. The van der Waals surface area contributed by atoms with Gasteiger partial charge in [0.25, 0.3) is 5.56 Å². The lowest BCUT2D eigenvalue weighted by molar-refractivity contribution is -0.119. The van der Waals surface area contributed by atoms with Gasteiger partial charge in [-0.3, -0.25) is 19.5 Å². The Morgan fingerprint density at radius 3 is 2.90 bits per heavy atom. The molecule has 2 aromatic heterocycles. The van der Waals surface area contributed by atoms with Crippen LogP contribution in [-0.2, 0) is 11.2 Å². The molecular weight excluding hydrogens is 440 g/mol. The first-order chi connectivity index (χ1) is 14.3. The van der Waals surface area contributed by atoms with Gasteiger partial charge in [0, 0.05) is 0 Å².